The first kappa shape index (κ1) is 24.0. The number of hydrogen-bond acceptors (Lipinski definition) is 2. The second kappa shape index (κ2) is 13.2. The van der Waals surface area contributed by atoms with Crippen LogP contribution in [0.25, 0.3) is 5.70 Å². The minimum Gasteiger partial charge on any atom is -0.382 e. The van der Waals surface area contributed by atoms with Gasteiger partial charge in [-0.15, -0.1) is 0 Å². The van der Waals surface area contributed by atoms with Crippen molar-refractivity contribution < 1.29 is 0 Å². The fraction of sp³-hybridized carbons (Fsp3) is 0.400. The first-order valence-electron chi connectivity index (χ1n) is 9.99. The molecule has 2 nitrogen and oxygen atoms in total. The fourth-order valence-corrected chi connectivity index (χ4v) is 3.39. The van der Waals surface area contributed by atoms with E-state index in [0.29, 0.717) is 12.0 Å². The average Bonchev–Trinajstić information content (AvgIpc) is 2.64. The SMILES string of the molecule is C=C(N[C@H](CCC)Cc1ccc(Br)cc1)c1ccc(CC(C)C)cc1.CC#N. The molecule has 1 N–H and O–H groups in total. The molecule has 0 heterocycles. The second-order valence-electron chi connectivity index (χ2n) is 7.46. The van der Waals surface area contributed by atoms with E-state index in [1.165, 1.54) is 23.6 Å². The number of rotatable bonds is 9. The number of nitriles is 1. The molecule has 0 saturated carbocycles. The van der Waals surface area contributed by atoms with E-state index in [-0.39, 0.29) is 0 Å². The Kier molecular flexibility index (Phi) is 11.3. The quantitative estimate of drug-likeness (QED) is 0.449. The normalized spacial score (nSPS) is 11.2. The monoisotopic (exact) mass is 440 g/mol. The van der Waals surface area contributed by atoms with Crippen molar-refractivity contribution in [1.82, 2.24) is 5.32 Å². The Hall–Kier alpha value is -2.05. The molecule has 0 aliphatic carbocycles. The van der Waals surface area contributed by atoms with E-state index in [1.54, 1.807) is 6.07 Å². The number of nitrogens with zero attached hydrogens (tertiary/aromatic N) is 1. The third-order valence-corrected chi connectivity index (χ3v) is 4.89. The molecule has 0 aliphatic heterocycles. The summed E-state index contributed by atoms with van der Waals surface area (Å²) in [6, 6.07) is 19.6. The minimum absolute atomic E-state index is 0.411. The molecule has 0 spiro atoms. The van der Waals surface area contributed by atoms with Crippen LogP contribution in [0.5, 0.6) is 0 Å². The van der Waals surface area contributed by atoms with E-state index >= 15 is 0 Å². The summed E-state index contributed by atoms with van der Waals surface area (Å²) in [5.74, 6) is 0.687. The highest BCUT2D eigenvalue weighted by molar-refractivity contribution is 9.10. The third-order valence-electron chi connectivity index (χ3n) is 4.36. The Morgan fingerprint density at radius 1 is 1.04 bits per heavy atom. The van der Waals surface area contributed by atoms with Gasteiger partial charge in [0.1, 0.15) is 0 Å². The van der Waals surface area contributed by atoms with Crippen molar-refractivity contribution in [2.45, 2.75) is 59.4 Å². The molecule has 2 aromatic carbocycles. The first-order chi connectivity index (χ1) is 13.4. The Morgan fingerprint density at radius 2 is 1.54 bits per heavy atom. The van der Waals surface area contributed by atoms with Gasteiger partial charge in [0.25, 0.3) is 0 Å². The molecule has 0 fully saturated rings. The molecule has 0 aromatic heterocycles. The van der Waals surface area contributed by atoms with Crippen LogP contribution < -0.4 is 5.32 Å². The van der Waals surface area contributed by atoms with Crippen LogP contribution in [0.1, 0.15) is 57.2 Å². The topological polar surface area (TPSA) is 35.8 Å². The second-order valence-corrected chi connectivity index (χ2v) is 8.37. The highest BCUT2D eigenvalue weighted by Crippen LogP contribution is 2.18. The number of nitrogens with one attached hydrogen (secondary N) is 1. The van der Waals surface area contributed by atoms with E-state index in [2.05, 4.69) is 97.1 Å². The molecule has 0 saturated heterocycles. The summed E-state index contributed by atoms with van der Waals surface area (Å²) < 4.78 is 1.13. The van der Waals surface area contributed by atoms with Crippen molar-refractivity contribution in [1.29, 1.82) is 5.26 Å². The summed E-state index contributed by atoms with van der Waals surface area (Å²) in [4.78, 5) is 0. The Bertz CT molecular complexity index is 740. The van der Waals surface area contributed by atoms with Crippen molar-refractivity contribution in [2.75, 3.05) is 0 Å². The average molecular weight is 441 g/mol. The predicted molar refractivity (Wildman–Crippen MR) is 125 cm³/mol. The largest absolute Gasteiger partial charge is 0.382 e. The molecule has 0 bridgehead atoms. The molecule has 1 atom stereocenters. The molecular weight excluding hydrogens is 408 g/mol. The zero-order chi connectivity index (χ0) is 20.9. The van der Waals surface area contributed by atoms with Gasteiger partial charge in [-0.25, -0.2) is 0 Å². The Labute approximate surface area is 179 Å². The zero-order valence-corrected chi connectivity index (χ0v) is 19.2. The zero-order valence-electron chi connectivity index (χ0n) is 17.6. The van der Waals surface area contributed by atoms with E-state index in [0.717, 1.165) is 35.9 Å². The lowest BCUT2D eigenvalue weighted by Crippen LogP contribution is -2.29. The summed E-state index contributed by atoms with van der Waals surface area (Å²) in [6.07, 6.45) is 4.45. The molecule has 150 valence electrons. The molecule has 0 radical (unpaired) electrons. The van der Waals surface area contributed by atoms with Crippen LogP contribution in [0.4, 0.5) is 0 Å². The van der Waals surface area contributed by atoms with Crippen molar-refractivity contribution in [3.05, 3.63) is 76.3 Å². The van der Waals surface area contributed by atoms with Gasteiger partial charge in [-0.3, -0.25) is 0 Å². The van der Waals surface area contributed by atoms with Crippen molar-refractivity contribution >= 4 is 21.6 Å². The first-order valence-corrected chi connectivity index (χ1v) is 10.8. The number of halogens is 1. The standard InChI is InChI=1S/C23H30BrN.C2H3N/c1-5-6-23(16-20-9-13-22(24)14-10-20)25-18(4)21-11-7-19(8-12-21)15-17(2)3;1-2-3/h7-14,17,23,25H,4-6,15-16H2,1-3H3;1H3/t23-;/m1./s1. The van der Waals surface area contributed by atoms with Crippen LogP contribution >= 0.6 is 15.9 Å². The van der Waals surface area contributed by atoms with Gasteiger partial charge in [0.05, 0.1) is 6.07 Å². The maximum absolute atomic E-state index is 7.32. The lowest BCUT2D eigenvalue weighted by Gasteiger charge is -2.21. The summed E-state index contributed by atoms with van der Waals surface area (Å²) in [5, 5.41) is 11.0. The predicted octanol–water partition coefficient (Wildman–Crippen LogP) is 7.15. The van der Waals surface area contributed by atoms with Crippen LogP contribution in [0.3, 0.4) is 0 Å². The van der Waals surface area contributed by atoms with Gasteiger partial charge >= 0.3 is 0 Å². The van der Waals surface area contributed by atoms with Crippen LogP contribution in [0, 0.1) is 17.2 Å². The Morgan fingerprint density at radius 3 is 2.04 bits per heavy atom. The third kappa shape index (κ3) is 9.24. The van der Waals surface area contributed by atoms with E-state index < -0.39 is 0 Å². The highest BCUT2D eigenvalue weighted by atomic mass is 79.9. The van der Waals surface area contributed by atoms with Gasteiger partial charge < -0.3 is 5.32 Å². The molecule has 3 heteroatoms. The molecule has 0 amide bonds. The summed E-state index contributed by atoms with van der Waals surface area (Å²) in [7, 11) is 0. The van der Waals surface area contributed by atoms with Gasteiger partial charge in [0, 0.05) is 23.1 Å². The van der Waals surface area contributed by atoms with Gasteiger partial charge in [0.2, 0.25) is 0 Å². The molecule has 28 heavy (non-hydrogen) atoms. The van der Waals surface area contributed by atoms with Gasteiger partial charge in [-0.2, -0.15) is 5.26 Å². The molecule has 0 aliphatic rings. The molecule has 0 unspecified atom stereocenters. The lowest BCUT2D eigenvalue weighted by molar-refractivity contribution is 0.541. The van der Waals surface area contributed by atoms with E-state index in [9.17, 15) is 0 Å². The maximum atomic E-state index is 7.32. The van der Waals surface area contributed by atoms with Gasteiger partial charge in [-0.05, 0) is 54.0 Å². The highest BCUT2D eigenvalue weighted by Gasteiger charge is 2.11. The van der Waals surface area contributed by atoms with E-state index in [4.69, 9.17) is 5.26 Å². The van der Waals surface area contributed by atoms with Crippen LogP contribution in [0.15, 0.2) is 59.6 Å². The number of hydrogen-bond donors (Lipinski definition) is 1. The molecular formula is C25H33BrN2. The molecule has 2 aromatic rings. The van der Waals surface area contributed by atoms with Gasteiger partial charge in [0.15, 0.2) is 0 Å². The summed E-state index contributed by atoms with van der Waals surface area (Å²) >= 11 is 3.50. The smallest absolute Gasteiger partial charge is 0.0587 e. The Balaban J connectivity index is 0.00000122. The lowest BCUT2D eigenvalue weighted by atomic mass is 9.99. The van der Waals surface area contributed by atoms with Crippen molar-refractivity contribution in [2.24, 2.45) is 5.92 Å². The van der Waals surface area contributed by atoms with E-state index in [1.807, 2.05) is 0 Å². The fourth-order valence-electron chi connectivity index (χ4n) is 3.12. The summed E-state index contributed by atoms with van der Waals surface area (Å²) in [5.41, 5.74) is 4.96. The van der Waals surface area contributed by atoms with Crippen LogP contribution in [-0.4, -0.2) is 6.04 Å². The molecule has 2 rings (SSSR count). The van der Waals surface area contributed by atoms with Crippen LogP contribution in [-0.2, 0) is 12.8 Å². The minimum atomic E-state index is 0.411. The van der Waals surface area contributed by atoms with Crippen LogP contribution in [0.2, 0.25) is 0 Å². The van der Waals surface area contributed by atoms with Gasteiger partial charge in [-0.1, -0.05) is 86.1 Å². The van der Waals surface area contributed by atoms with Crippen molar-refractivity contribution in [3.8, 4) is 6.07 Å². The van der Waals surface area contributed by atoms with Crippen molar-refractivity contribution in [3.63, 3.8) is 0 Å². The maximum Gasteiger partial charge on any atom is 0.0587 e. The summed E-state index contributed by atoms with van der Waals surface area (Å²) in [6.45, 7) is 12.5. The number of benzene rings is 2.